The third kappa shape index (κ3) is 10.0. The molecule has 0 bridgehead atoms. The van der Waals surface area contributed by atoms with Crippen molar-refractivity contribution in [1.29, 1.82) is 0 Å². The lowest BCUT2D eigenvalue weighted by Crippen LogP contribution is -2.26. The van der Waals surface area contributed by atoms with E-state index in [1.54, 1.807) is 0 Å². The molecule has 2 aliphatic carbocycles. The molecule has 0 radical (unpaired) electrons. The van der Waals surface area contributed by atoms with E-state index in [9.17, 15) is 14.2 Å². The summed E-state index contributed by atoms with van der Waals surface area (Å²) in [5, 5.41) is 11.6. The number of carbonyl (C=O) groups excluding carboxylic acids is 2. The average molecular weight is 542 g/mol. The number of nitrogens with one attached hydrogen (secondary N) is 1. The number of alkyl carbamates (subject to hydrolysis) is 1. The lowest BCUT2D eigenvalue weighted by Gasteiger charge is -2.11. The summed E-state index contributed by atoms with van der Waals surface area (Å²) in [6.07, 6.45) is 9.65. The van der Waals surface area contributed by atoms with Crippen LogP contribution in [0.5, 0.6) is 0 Å². The summed E-state index contributed by atoms with van der Waals surface area (Å²) in [7, 11) is -3.38. The number of amides is 2. The van der Waals surface area contributed by atoms with E-state index in [4.69, 9.17) is 19.9 Å². The molecule has 1 aromatic rings. The average Bonchev–Trinajstić information content (AvgIpc) is 3.34. The highest BCUT2D eigenvalue weighted by Crippen LogP contribution is 2.52. The Morgan fingerprint density at radius 1 is 1.16 bits per heavy atom. The number of primary amides is 1. The van der Waals surface area contributed by atoms with E-state index < -0.39 is 7.60 Å². The second kappa shape index (κ2) is 14.3. The Morgan fingerprint density at radius 2 is 1.89 bits per heavy atom. The fourth-order valence-electron chi connectivity index (χ4n) is 5.33. The molecule has 4 N–H and O–H groups in total. The number of aryl methyl sites for hydroxylation is 2. The van der Waals surface area contributed by atoms with E-state index >= 15 is 0 Å². The topological polar surface area (TPSA) is 159 Å². The molecule has 3 rings (SSSR count). The van der Waals surface area contributed by atoms with Crippen LogP contribution in [-0.2, 0) is 38.0 Å². The second-order valence-electron chi connectivity index (χ2n) is 10.6. The van der Waals surface area contributed by atoms with E-state index in [0.717, 1.165) is 82.9 Å². The molecule has 2 unspecified atom stereocenters. The van der Waals surface area contributed by atoms with E-state index in [2.05, 4.69) is 15.6 Å². The second-order valence-corrected chi connectivity index (χ2v) is 12.5. The first-order valence-electron chi connectivity index (χ1n) is 13.7. The lowest BCUT2D eigenvalue weighted by atomic mass is 10.0. The van der Waals surface area contributed by atoms with E-state index in [-0.39, 0.29) is 24.5 Å². The minimum atomic E-state index is -3.38. The number of carbonyl (C=O) groups is 2. The van der Waals surface area contributed by atoms with Gasteiger partial charge in [-0.25, -0.2) is 9.48 Å². The molecular formula is C25H44N5O6P. The highest BCUT2D eigenvalue weighted by Gasteiger charge is 2.50. The van der Waals surface area contributed by atoms with Crippen molar-refractivity contribution in [2.24, 2.45) is 29.4 Å². The monoisotopic (exact) mass is 541 g/mol. The molecule has 0 aliphatic heterocycles. The molecule has 37 heavy (non-hydrogen) atoms. The van der Waals surface area contributed by atoms with Gasteiger partial charge < -0.3 is 25.2 Å². The maximum atomic E-state index is 12.1. The van der Waals surface area contributed by atoms with Gasteiger partial charge >= 0.3 is 13.7 Å². The van der Waals surface area contributed by atoms with Crippen molar-refractivity contribution >= 4 is 19.6 Å². The third-order valence-corrected chi connectivity index (χ3v) is 8.34. The van der Waals surface area contributed by atoms with Gasteiger partial charge in [0, 0.05) is 25.7 Å². The number of rotatable bonds is 16. The van der Waals surface area contributed by atoms with Gasteiger partial charge in [0.2, 0.25) is 5.91 Å². The molecule has 11 nitrogen and oxygen atoms in total. The third-order valence-electron chi connectivity index (χ3n) is 7.68. The summed E-state index contributed by atoms with van der Waals surface area (Å²) in [6.45, 7) is 5.17. The fraction of sp³-hybridized carbons (Fsp3) is 0.840. The Balaban J connectivity index is 1.28. The highest BCUT2D eigenvalue weighted by atomic mass is 31.2. The maximum absolute atomic E-state index is 12.1. The molecule has 2 amide bonds. The van der Waals surface area contributed by atoms with Crippen LogP contribution in [0.2, 0.25) is 0 Å². The molecule has 12 heteroatoms. The van der Waals surface area contributed by atoms with Gasteiger partial charge in [0.25, 0.3) is 0 Å². The number of hydrogen-bond acceptors (Lipinski definition) is 7. The first-order chi connectivity index (χ1) is 17.7. The fourth-order valence-corrected chi connectivity index (χ4v) is 5.80. The van der Waals surface area contributed by atoms with Crippen LogP contribution >= 0.6 is 7.60 Å². The smallest absolute Gasteiger partial charge is 0.407 e. The van der Waals surface area contributed by atoms with Gasteiger partial charge in [-0.1, -0.05) is 31.4 Å². The predicted octanol–water partition coefficient (Wildman–Crippen LogP) is 3.43. The maximum Gasteiger partial charge on any atom is 0.407 e. The van der Waals surface area contributed by atoms with Crippen LogP contribution in [0, 0.1) is 23.7 Å². The number of aromatic nitrogens is 3. The zero-order chi connectivity index (χ0) is 26.8. The standard InChI is InChI=1S/C25H44N5O6P/c1-18(24(26)31)9-5-7-15-30-23-13-11-20-19(10-12-22(23)28-29-30)21(20)17-35-25(32)27-14-6-3-4-8-16-36-37(2,33)34/h18-21H,3-17H2,1-2H3,(H2,26,31)(H,27,32)(H,33,34)/t18?,19-,20+,21-/m1/s1. The van der Waals surface area contributed by atoms with Gasteiger partial charge in [-0.05, 0) is 69.1 Å². The van der Waals surface area contributed by atoms with Crippen molar-refractivity contribution < 1.29 is 28.3 Å². The van der Waals surface area contributed by atoms with Gasteiger partial charge in [-0.15, -0.1) is 5.10 Å². The van der Waals surface area contributed by atoms with Crippen molar-refractivity contribution in [3.05, 3.63) is 11.4 Å². The molecular weight excluding hydrogens is 497 g/mol. The largest absolute Gasteiger partial charge is 0.449 e. The van der Waals surface area contributed by atoms with E-state index in [1.165, 1.54) is 12.4 Å². The molecule has 1 aromatic heterocycles. The molecule has 5 atom stereocenters. The quantitative estimate of drug-likeness (QED) is 0.212. The van der Waals surface area contributed by atoms with Crippen LogP contribution in [0.3, 0.4) is 0 Å². The molecule has 1 heterocycles. The summed E-state index contributed by atoms with van der Waals surface area (Å²) < 4.78 is 23.4. The Hall–Kier alpha value is -1.97. The van der Waals surface area contributed by atoms with Crippen LogP contribution in [0.25, 0.3) is 0 Å². The number of hydrogen-bond donors (Lipinski definition) is 3. The number of nitrogens with two attached hydrogens (primary N) is 1. The van der Waals surface area contributed by atoms with Crippen molar-refractivity contribution in [3.63, 3.8) is 0 Å². The first kappa shape index (κ1) is 29.6. The van der Waals surface area contributed by atoms with Crippen molar-refractivity contribution in [2.45, 2.75) is 84.1 Å². The minimum absolute atomic E-state index is 0.0905. The Morgan fingerprint density at radius 3 is 2.62 bits per heavy atom. The SMILES string of the molecule is CC(CCCCn1nnc2c1CC[C@H]1[C@@H](CC2)[C@H]1COC(=O)NCCCCCCOP(C)(=O)O)C(N)=O. The normalized spacial score (nSPS) is 23.1. The van der Waals surface area contributed by atoms with Crippen LogP contribution in [0.4, 0.5) is 4.79 Å². The number of ether oxygens (including phenoxy) is 1. The summed E-state index contributed by atoms with van der Waals surface area (Å²) in [5.74, 6) is 1.26. The Bertz CT molecular complexity index is 935. The van der Waals surface area contributed by atoms with Gasteiger partial charge in [0.05, 0.1) is 24.6 Å². The molecule has 0 aromatic carbocycles. The van der Waals surface area contributed by atoms with Gasteiger partial charge in [0.1, 0.15) is 0 Å². The van der Waals surface area contributed by atoms with Crippen LogP contribution < -0.4 is 11.1 Å². The van der Waals surface area contributed by atoms with Gasteiger partial charge in [-0.3, -0.25) is 9.36 Å². The summed E-state index contributed by atoms with van der Waals surface area (Å²) >= 11 is 0. The van der Waals surface area contributed by atoms with E-state index in [1.807, 2.05) is 11.6 Å². The first-order valence-corrected chi connectivity index (χ1v) is 15.7. The molecule has 0 spiro atoms. The Labute approximate surface area is 219 Å². The summed E-state index contributed by atoms with van der Waals surface area (Å²) in [5.41, 5.74) is 7.68. The van der Waals surface area contributed by atoms with Gasteiger partial charge in [0.15, 0.2) is 0 Å². The number of fused-ring (bicyclic) bond motifs is 2. The van der Waals surface area contributed by atoms with Crippen molar-refractivity contribution in [3.8, 4) is 0 Å². The summed E-state index contributed by atoms with van der Waals surface area (Å²) in [4.78, 5) is 32.4. The number of nitrogens with zero attached hydrogens (tertiary/aromatic N) is 3. The minimum Gasteiger partial charge on any atom is -0.449 e. The van der Waals surface area contributed by atoms with Crippen LogP contribution in [0.1, 0.15) is 76.1 Å². The van der Waals surface area contributed by atoms with E-state index in [0.29, 0.717) is 30.9 Å². The zero-order valence-electron chi connectivity index (χ0n) is 22.3. The summed E-state index contributed by atoms with van der Waals surface area (Å²) in [6, 6.07) is 0. The zero-order valence-corrected chi connectivity index (χ0v) is 23.2. The van der Waals surface area contributed by atoms with Gasteiger partial charge in [-0.2, -0.15) is 0 Å². The van der Waals surface area contributed by atoms with Crippen molar-refractivity contribution in [2.75, 3.05) is 26.4 Å². The molecule has 0 saturated heterocycles. The Kier molecular flexibility index (Phi) is 11.4. The molecule has 1 fully saturated rings. The highest BCUT2D eigenvalue weighted by molar-refractivity contribution is 7.51. The number of unbranched alkanes of at least 4 members (excludes halogenated alkanes) is 4. The molecule has 210 valence electrons. The molecule has 2 aliphatic rings. The molecule has 1 saturated carbocycles. The van der Waals surface area contributed by atoms with Crippen LogP contribution in [0.15, 0.2) is 0 Å². The van der Waals surface area contributed by atoms with Crippen LogP contribution in [-0.4, -0.2) is 58.3 Å². The lowest BCUT2D eigenvalue weighted by molar-refractivity contribution is -0.121. The van der Waals surface area contributed by atoms with Crippen molar-refractivity contribution in [1.82, 2.24) is 20.3 Å². The predicted molar refractivity (Wildman–Crippen MR) is 139 cm³/mol.